The summed E-state index contributed by atoms with van der Waals surface area (Å²) in [5.74, 6) is -0.384. The molecule has 0 fully saturated rings. The SMILES string of the molecule is C[C@@H](NC(=O)Cn1cnc2c(cnn2C)c1=O)c1ccc(S(N)(=O)=O)cc1. The van der Waals surface area contributed by atoms with Gasteiger partial charge in [-0.1, -0.05) is 12.1 Å². The molecule has 1 amide bonds. The highest BCUT2D eigenvalue weighted by Crippen LogP contribution is 2.15. The first-order valence-electron chi connectivity index (χ1n) is 7.96. The fraction of sp³-hybridized carbons (Fsp3) is 0.250. The largest absolute Gasteiger partial charge is 0.348 e. The molecular formula is C16H18N6O4S. The molecule has 0 saturated heterocycles. The molecule has 3 N–H and O–H groups in total. The van der Waals surface area contributed by atoms with Crippen LogP contribution < -0.4 is 16.0 Å². The lowest BCUT2D eigenvalue weighted by Crippen LogP contribution is -2.34. The zero-order valence-electron chi connectivity index (χ0n) is 14.7. The third-order valence-corrected chi connectivity index (χ3v) is 5.05. The number of hydrogen-bond donors (Lipinski definition) is 2. The number of nitrogens with two attached hydrogens (primary N) is 1. The molecule has 0 bridgehead atoms. The topological polar surface area (TPSA) is 142 Å². The Bertz CT molecular complexity index is 1160. The highest BCUT2D eigenvalue weighted by atomic mass is 32.2. The molecule has 2 aromatic heterocycles. The Morgan fingerprint density at radius 3 is 2.59 bits per heavy atom. The first kappa shape index (κ1) is 18.7. The number of fused-ring (bicyclic) bond motifs is 1. The molecule has 142 valence electrons. The molecule has 3 rings (SSSR count). The quantitative estimate of drug-likeness (QED) is 0.610. The number of benzene rings is 1. The zero-order valence-corrected chi connectivity index (χ0v) is 15.5. The van der Waals surface area contributed by atoms with Crippen LogP contribution in [-0.4, -0.2) is 33.7 Å². The molecule has 0 saturated carbocycles. The summed E-state index contributed by atoms with van der Waals surface area (Å²) in [4.78, 5) is 28.8. The highest BCUT2D eigenvalue weighted by Gasteiger charge is 2.14. The Balaban J connectivity index is 1.72. The number of primary sulfonamides is 1. The van der Waals surface area contributed by atoms with Gasteiger partial charge in [-0.3, -0.25) is 18.8 Å². The summed E-state index contributed by atoms with van der Waals surface area (Å²) >= 11 is 0. The van der Waals surface area contributed by atoms with Crippen LogP contribution in [-0.2, 0) is 28.4 Å². The van der Waals surface area contributed by atoms with Crippen LogP contribution in [0, 0.1) is 0 Å². The van der Waals surface area contributed by atoms with E-state index < -0.39 is 16.1 Å². The van der Waals surface area contributed by atoms with E-state index in [-0.39, 0.29) is 22.9 Å². The molecular weight excluding hydrogens is 372 g/mol. The van der Waals surface area contributed by atoms with Crippen molar-refractivity contribution in [3.05, 3.63) is 52.7 Å². The molecule has 0 radical (unpaired) electrons. The maximum Gasteiger partial charge on any atom is 0.264 e. The van der Waals surface area contributed by atoms with Gasteiger partial charge in [0.1, 0.15) is 18.3 Å². The van der Waals surface area contributed by atoms with E-state index in [0.29, 0.717) is 16.6 Å². The van der Waals surface area contributed by atoms with Gasteiger partial charge in [0.2, 0.25) is 15.9 Å². The Labute approximate surface area is 154 Å². The predicted molar refractivity (Wildman–Crippen MR) is 97.1 cm³/mol. The summed E-state index contributed by atoms with van der Waals surface area (Å²) in [5, 5.41) is 12.1. The number of amides is 1. The monoisotopic (exact) mass is 390 g/mol. The first-order valence-corrected chi connectivity index (χ1v) is 9.50. The van der Waals surface area contributed by atoms with Crippen LogP contribution >= 0.6 is 0 Å². The van der Waals surface area contributed by atoms with Gasteiger partial charge in [0.05, 0.1) is 17.1 Å². The number of rotatable bonds is 5. The van der Waals surface area contributed by atoms with Gasteiger partial charge in [0.15, 0.2) is 5.65 Å². The molecule has 0 spiro atoms. The van der Waals surface area contributed by atoms with Gasteiger partial charge in [0, 0.05) is 7.05 Å². The number of aryl methyl sites for hydroxylation is 1. The maximum absolute atomic E-state index is 12.4. The summed E-state index contributed by atoms with van der Waals surface area (Å²) in [6.07, 6.45) is 2.71. The summed E-state index contributed by atoms with van der Waals surface area (Å²) in [6, 6.07) is 5.49. The van der Waals surface area contributed by atoms with Crippen molar-refractivity contribution in [3.8, 4) is 0 Å². The van der Waals surface area contributed by atoms with Crippen molar-refractivity contribution in [1.82, 2.24) is 24.6 Å². The van der Waals surface area contributed by atoms with E-state index in [1.165, 1.54) is 33.9 Å². The number of hydrogen-bond acceptors (Lipinski definition) is 6. The van der Waals surface area contributed by atoms with Gasteiger partial charge < -0.3 is 5.32 Å². The van der Waals surface area contributed by atoms with E-state index >= 15 is 0 Å². The van der Waals surface area contributed by atoms with E-state index in [9.17, 15) is 18.0 Å². The number of nitrogens with zero attached hydrogens (tertiary/aromatic N) is 4. The summed E-state index contributed by atoms with van der Waals surface area (Å²) in [7, 11) is -2.09. The Hall–Kier alpha value is -3.05. The smallest absolute Gasteiger partial charge is 0.264 e. The molecule has 2 heterocycles. The molecule has 11 heteroatoms. The highest BCUT2D eigenvalue weighted by molar-refractivity contribution is 7.89. The molecule has 0 unspecified atom stereocenters. The summed E-state index contributed by atoms with van der Waals surface area (Å²) in [6.45, 7) is 1.55. The van der Waals surface area contributed by atoms with Crippen molar-refractivity contribution in [1.29, 1.82) is 0 Å². The van der Waals surface area contributed by atoms with Gasteiger partial charge in [-0.2, -0.15) is 5.10 Å². The Kier molecular flexibility index (Phi) is 4.81. The van der Waals surface area contributed by atoms with E-state index in [0.717, 1.165) is 0 Å². The maximum atomic E-state index is 12.4. The molecule has 10 nitrogen and oxygen atoms in total. The summed E-state index contributed by atoms with van der Waals surface area (Å²) < 4.78 is 25.3. The van der Waals surface area contributed by atoms with Crippen LogP contribution in [0.2, 0.25) is 0 Å². The average Bonchev–Trinajstić information content (AvgIpc) is 2.98. The van der Waals surface area contributed by atoms with Crippen LogP contribution in [0.3, 0.4) is 0 Å². The molecule has 0 aliphatic carbocycles. The third kappa shape index (κ3) is 3.88. The second kappa shape index (κ2) is 6.93. The molecule has 3 aromatic rings. The van der Waals surface area contributed by atoms with Crippen LogP contribution in [0.15, 0.2) is 46.5 Å². The standard InChI is InChI=1S/C16H18N6O4S/c1-10(11-3-5-12(6-4-11)27(17,25)26)20-14(23)8-22-9-18-15-13(16(22)24)7-19-21(15)2/h3-7,9-10H,8H2,1-2H3,(H,20,23)(H2,17,25,26)/t10-/m1/s1. The van der Waals surface area contributed by atoms with Crippen LogP contribution in [0.25, 0.3) is 11.0 Å². The number of aromatic nitrogens is 4. The third-order valence-electron chi connectivity index (χ3n) is 4.12. The van der Waals surface area contributed by atoms with Gasteiger partial charge in [-0.05, 0) is 24.6 Å². The fourth-order valence-electron chi connectivity index (χ4n) is 2.65. The Morgan fingerprint density at radius 1 is 1.30 bits per heavy atom. The van der Waals surface area contributed by atoms with Crippen LogP contribution in [0.5, 0.6) is 0 Å². The van der Waals surface area contributed by atoms with Crippen molar-refractivity contribution in [3.63, 3.8) is 0 Å². The normalized spacial score (nSPS) is 12.9. The van der Waals surface area contributed by atoms with Crippen molar-refractivity contribution in [2.75, 3.05) is 0 Å². The van der Waals surface area contributed by atoms with Crippen molar-refractivity contribution < 1.29 is 13.2 Å². The molecule has 1 aromatic carbocycles. The predicted octanol–water partition coefficient (Wildman–Crippen LogP) is -0.345. The molecule has 0 aliphatic heterocycles. The van der Waals surface area contributed by atoms with Gasteiger partial charge in [-0.25, -0.2) is 18.5 Å². The van der Waals surface area contributed by atoms with E-state index in [4.69, 9.17) is 5.14 Å². The molecule has 0 aliphatic rings. The summed E-state index contributed by atoms with van der Waals surface area (Å²) in [5.41, 5.74) is 0.789. The number of carbonyl (C=O) groups is 1. The lowest BCUT2D eigenvalue weighted by molar-refractivity contribution is -0.122. The lowest BCUT2D eigenvalue weighted by atomic mass is 10.1. The lowest BCUT2D eigenvalue weighted by Gasteiger charge is -2.15. The Morgan fingerprint density at radius 2 is 1.96 bits per heavy atom. The van der Waals surface area contributed by atoms with E-state index in [1.54, 1.807) is 26.1 Å². The van der Waals surface area contributed by atoms with E-state index in [1.807, 2.05) is 0 Å². The zero-order chi connectivity index (χ0) is 19.8. The molecule has 1 atom stereocenters. The van der Waals surface area contributed by atoms with Crippen molar-refractivity contribution in [2.45, 2.75) is 24.4 Å². The number of carbonyl (C=O) groups excluding carboxylic acids is 1. The number of sulfonamides is 1. The van der Waals surface area contributed by atoms with Gasteiger partial charge in [-0.15, -0.1) is 0 Å². The van der Waals surface area contributed by atoms with Crippen LogP contribution in [0.4, 0.5) is 0 Å². The van der Waals surface area contributed by atoms with Crippen molar-refractivity contribution >= 4 is 27.0 Å². The van der Waals surface area contributed by atoms with Crippen LogP contribution in [0.1, 0.15) is 18.5 Å². The number of nitrogens with one attached hydrogen (secondary N) is 1. The molecule has 27 heavy (non-hydrogen) atoms. The second-order valence-electron chi connectivity index (χ2n) is 6.09. The second-order valence-corrected chi connectivity index (χ2v) is 7.65. The van der Waals surface area contributed by atoms with Crippen molar-refractivity contribution in [2.24, 2.45) is 12.2 Å². The van der Waals surface area contributed by atoms with Gasteiger partial charge in [0.25, 0.3) is 5.56 Å². The van der Waals surface area contributed by atoms with Gasteiger partial charge >= 0.3 is 0 Å². The first-order chi connectivity index (χ1) is 12.7. The average molecular weight is 390 g/mol. The minimum Gasteiger partial charge on any atom is -0.348 e. The minimum atomic E-state index is -3.77. The minimum absolute atomic E-state index is 0.00724. The van der Waals surface area contributed by atoms with E-state index in [2.05, 4.69) is 15.4 Å². The fourth-order valence-corrected chi connectivity index (χ4v) is 3.17.